The number of rotatable bonds is 3. The van der Waals surface area contributed by atoms with Gasteiger partial charge in [0.25, 0.3) is 0 Å². The van der Waals surface area contributed by atoms with E-state index in [1.165, 1.54) is 6.07 Å². The van der Waals surface area contributed by atoms with Crippen LogP contribution in [0.5, 0.6) is 0 Å². The molecule has 0 amide bonds. The number of likely N-dealkylation sites (tertiary alicyclic amines) is 1. The SMILES string of the molecule is CC(c1cc(Br)ccc1F)N1CCC(CN)CC1. The number of piperidine rings is 1. The van der Waals surface area contributed by atoms with Crippen LogP contribution in [0.1, 0.15) is 31.4 Å². The van der Waals surface area contributed by atoms with Gasteiger partial charge in [-0.1, -0.05) is 15.9 Å². The van der Waals surface area contributed by atoms with Crippen molar-refractivity contribution in [2.45, 2.75) is 25.8 Å². The van der Waals surface area contributed by atoms with E-state index in [0.29, 0.717) is 5.92 Å². The standard InChI is InChI=1S/C14H20BrFN2/c1-10(13-8-12(15)2-3-14(13)16)18-6-4-11(9-17)5-7-18/h2-3,8,10-11H,4-7,9,17H2,1H3. The lowest BCUT2D eigenvalue weighted by molar-refractivity contribution is 0.141. The maximum absolute atomic E-state index is 13.9. The summed E-state index contributed by atoms with van der Waals surface area (Å²) in [6.45, 7) is 4.87. The van der Waals surface area contributed by atoms with Crippen molar-refractivity contribution in [3.05, 3.63) is 34.1 Å². The third-order valence-corrected chi connectivity index (χ3v) is 4.43. The van der Waals surface area contributed by atoms with Gasteiger partial charge in [0.1, 0.15) is 5.82 Å². The van der Waals surface area contributed by atoms with E-state index >= 15 is 0 Å². The molecule has 0 aliphatic carbocycles. The lowest BCUT2D eigenvalue weighted by Crippen LogP contribution is -2.37. The van der Waals surface area contributed by atoms with Crippen LogP contribution in [0.25, 0.3) is 0 Å². The Morgan fingerprint density at radius 2 is 2.11 bits per heavy atom. The smallest absolute Gasteiger partial charge is 0.128 e. The van der Waals surface area contributed by atoms with Crippen LogP contribution in [0.15, 0.2) is 22.7 Å². The third kappa shape index (κ3) is 3.11. The lowest BCUT2D eigenvalue weighted by Gasteiger charge is -2.36. The fourth-order valence-corrected chi connectivity index (χ4v) is 2.99. The first-order valence-electron chi connectivity index (χ1n) is 6.51. The Kier molecular flexibility index (Phi) is 4.76. The van der Waals surface area contributed by atoms with Crippen LogP contribution in [0.4, 0.5) is 4.39 Å². The van der Waals surface area contributed by atoms with E-state index in [1.807, 2.05) is 6.07 Å². The summed E-state index contributed by atoms with van der Waals surface area (Å²) >= 11 is 3.41. The molecule has 1 aromatic carbocycles. The Labute approximate surface area is 116 Å². The van der Waals surface area contributed by atoms with Gasteiger partial charge >= 0.3 is 0 Å². The maximum Gasteiger partial charge on any atom is 0.128 e. The highest BCUT2D eigenvalue weighted by molar-refractivity contribution is 9.10. The van der Waals surface area contributed by atoms with E-state index in [2.05, 4.69) is 27.8 Å². The normalized spacial score (nSPS) is 20.0. The van der Waals surface area contributed by atoms with Crippen LogP contribution in [0.2, 0.25) is 0 Å². The molecular formula is C14H20BrFN2. The monoisotopic (exact) mass is 314 g/mol. The van der Waals surface area contributed by atoms with Crippen molar-refractivity contribution in [2.24, 2.45) is 11.7 Å². The molecule has 0 radical (unpaired) electrons. The van der Waals surface area contributed by atoms with Crippen LogP contribution >= 0.6 is 15.9 Å². The van der Waals surface area contributed by atoms with Gasteiger partial charge in [0.2, 0.25) is 0 Å². The van der Waals surface area contributed by atoms with Crippen molar-refractivity contribution in [2.75, 3.05) is 19.6 Å². The summed E-state index contributed by atoms with van der Waals surface area (Å²) in [5, 5.41) is 0. The second kappa shape index (κ2) is 6.13. The van der Waals surface area contributed by atoms with Crippen molar-refractivity contribution in [1.29, 1.82) is 0 Å². The van der Waals surface area contributed by atoms with Crippen LogP contribution in [-0.2, 0) is 0 Å². The predicted octanol–water partition coefficient (Wildman–Crippen LogP) is 3.32. The highest BCUT2D eigenvalue weighted by atomic mass is 79.9. The van der Waals surface area contributed by atoms with E-state index in [4.69, 9.17) is 5.73 Å². The number of benzene rings is 1. The van der Waals surface area contributed by atoms with Gasteiger partial charge in [0.05, 0.1) is 0 Å². The molecule has 18 heavy (non-hydrogen) atoms. The molecule has 100 valence electrons. The molecule has 1 unspecified atom stereocenters. The van der Waals surface area contributed by atoms with Crippen molar-refractivity contribution in [3.8, 4) is 0 Å². The first-order chi connectivity index (χ1) is 8.61. The molecule has 1 aromatic rings. The molecular weight excluding hydrogens is 295 g/mol. The third-order valence-electron chi connectivity index (χ3n) is 3.94. The van der Waals surface area contributed by atoms with Crippen LogP contribution < -0.4 is 5.73 Å². The summed E-state index contributed by atoms with van der Waals surface area (Å²) in [6, 6.07) is 5.28. The van der Waals surface area contributed by atoms with Crippen molar-refractivity contribution in [1.82, 2.24) is 4.90 Å². The first kappa shape index (κ1) is 14.0. The average Bonchev–Trinajstić information content (AvgIpc) is 2.41. The predicted molar refractivity (Wildman–Crippen MR) is 75.9 cm³/mol. The van der Waals surface area contributed by atoms with E-state index in [1.54, 1.807) is 6.07 Å². The van der Waals surface area contributed by atoms with E-state index in [9.17, 15) is 4.39 Å². The second-order valence-electron chi connectivity index (χ2n) is 5.06. The fourth-order valence-electron chi connectivity index (χ4n) is 2.61. The minimum Gasteiger partial charge on any atom is -0.330 e. The van der Waals surface area contributed by atoms with Gasteiger partial charge < -0.3 is 5.73 Å². The fraction of sp³-hybridized carbons (Fsp3) is 0.571. The largest absolute Gasteiger partial charge is 0.330 e. The Bertz CT molecular complexity index is 403. The summed E-state index contributed by atoms with van der Waals surface area (Å²) < 4.78 is 14.8. The Balaban J connectivity index is 2.07. The van der Waals surface area contributed by atoms with Gasteiger partial charge in [-0.05, 0) is 63.5 Å². The van der Waals surface area contributed by atoms with Gasteiger partial charge in [-0.3, -0.25) is 4.90 Å². The van der Waals surface area contributed by atoms with Gasteiger partial charge in [-0.2, -0.15) is 0 Å². The molecule has 2 rings (SSSR count). The highest BCUT2D eigenvalue weighted by Crippen LogP contribution is 2.29. The molecule has 1 fully saturated rings. The van der Waals surface area contributed by atoms with Crippen molar-refractivity contribution < 1.29 is 4.39 Å². The van der Waals surface area contributed by atoms with Crippen molar-refractivity contribution >= 4 is 15.9 Å². The van der Waals surface area contributed by atoms with Crippen molar-refractivity contribution in [3.63, 3.8) is 0 Å². The molecule has 1 aliphatic rings. The van der Waals surface area contributed by atoms with E-state index in [-0.39, 0.29) is 11.9 Å². The number of hydrogen-bond acceptors (Lipinski definition) is 2. The number of nitrogens with zero attached hydrogens (tertiary/aromatic N) is 1. The highest BCUT2D eigenvalue weighted by Gasteiger charge is 2.24. The number of hydrogen-bond donors (Lipinski definition) is 1. The molecule has 1 atom stereocenters. The molecule has 0 spiro atoms. The molecule has 0 bridgehead atoms. The van der Waals surface area contributed by atoms with E-state index in [0.717, 1.165) is 42.5 Å². The quantitative estimate of drug-likeness (QED) is 0.927. The van der Waals surface area contributed by atoms with Crippen LogP contribution in [0.3, 0.4) is 0 Å². The summed E-state index contributed by atoms with van der Waals surface area (Å²) in [5.74, 6) is 0.521. The molecule has 1 aliphatic heterocycles. The molecule has 2 N–H and O–H groups in total. The summed E-state index contributed by atoms with van der Waals surface area (Å²) in [7, 11) is 0. The molecule has 1 saturated heterocycles. The molecule has 0 aromatic heterocycles. The molecule has 1 heterocycles. The minimum atomic E-state index is -0.119. The van der Waals surface area contributed by atoms with Crippen LogP contribution in [-0.4, -0.2) is 24.5 Å². The van der Waals surface area contributed by atoms with Crippen LogP contribution in [0, 0.1) is 11.7 Å². The number of halogens is 2. The Hall–Kier alpha value is -0.450. The average molecular weight is 315 g/mol. The topological polar surface area (TPSA) is 29.3 Å². The first-order valence-corrected chi connectivity index (χ1v) is 7.30. The molecule has 4 heteroatoms. The zero-order valence-corrected chi connectivity index (χ0v) is 12.3. The van der Waals surface area contributed by atoms with Gasteiger partial charge in [0, 0.05) is 16.1 Å². The molecule has 0 saturated carbocycles. The minimum absolute atomic E-state index is 0.119. The summed E-state index contributed by atoms with van der Waals surface area (Å²) in [5.41, 5.74) is 6.47. The summed E-state index contributed by atoms with van der Waals surface area (Å²) in [6.07, 6.45) is 2.24. The lowest BCUT2D eigenvalue weighted by atomic mass is 9.95. The Morgan fingerprint density at radius 1 is 1.44 bits per heavy atom. The number of nitrogens with two attached hydrogens (primary N) is 1. The summed E-state index contributed by atoms with van der Waals surface area (Å²) in [4.78, 5) is 2.34. The zero-order valence-electron chi connectivity index (χ0n) is 10.7. The zero-order chi connectivity index (χ0) is 13.1. The Morgan fingerprint density at radius 3 is 2.72 bits per heavy atom. The second-order valence-corrected chi connectivity index (χ2v) is 5.97. The molecule has 2 nitrogen and oxygen atoms in total. The van der Waals surface area contributed by atoms with Gasteiger partial charge in [-0.15, -0.1) is 0 Å². The van der Waals surface area contributed by atoms with Gasteiger partial charge in [0.15, 0.2) is 0 Å². The maximum atomic E-state index is 13.9. The van der Waals surface area contributed by atoms with E-state index < -0.39 is 0 Å². The van der Waals surface area contributed by atoms with Gasteiger partial charge in [-0.25, -0.2) is 4.39 Å².